The first-order chi connectivity index (χ1) is 35.1. The van der Waals surface area contributed by atoms with E-state index < -0.39 is 110 Å². The Kier molecular flexibility index (Phi) is 16.9. The molecule has 0 unspecified atom stereocenters. The average Bonchev–Trinajstić information content (AvgIpc) is 3.43. The van der Waals surface area contributed by atoms with Crippen molar-refractivity contribution < 1.29 is 81.2 Å². The van der Waals surface area contributed by atoms with E-state index in [4.69, 9.17) is 47.4 Å². The Labute approximate surface area is 413 Å². The van der Waals surface area contributed by atoms with Crippen molar-refractivity contribution in [2.24, 2.45) is 0 Å². The molecule has 0 aliphatic carbocycles. The highest BCUT2D eigenvalue weighted by molar-refractivity contribution is 5.92. The van der Waals surface area contributed by atoms with Crippen LogP contribution in [0.15, 0.2) is 182 Å². The molecule has 370 valence electrons. The van der Waals surface area contributed by atoms with Crippen molar-refractivity contribution in [1.82, 2.24) is 0 Å². The first-order valence-electron chi connectivity index (χ1n) is 22.7. The van der Waals surface area contributed by atoms with Gasteiger partial charge in [0.25, 0.3) is 0 Å². The van der Waals surface area contributed by atoms with E-state index in [-0.39, 0.29) is 33.4 Å². The highest BCUT2D eigenvalue weighted by atomic mass is 16.8. The molecule has 0 amide bonds. The smallest absolute Gasteiger partial charge is 0.338 e. The highest BCUT2D eigenvalue weighted by Crippen LogP contribution is 2.36. The SMILES string of the molecule is CO[C@@H]1O[C@H](COC(=O)c2ccccc2)[C@H](OC(=O)c2ccccc2)[C@H](O[C@@H]2O[C@H](COC(=O)c3ccccc3)[C@H](OC(=O)c3ccccc3)[C@H](O)[C@H]2OC(=O)c2ccccc2)[C@H]1OC(=O)c1ccccc1. The van der Waals surface area contributed by atoms with Gasteiger partial charge in [-0.25, -0.2) is 28.8 Å². The zero-order chi connectivity index (χ0) is 50.4. The fraction of sp³-hybridized carbons (Fsp3) is 0.236. The van der Waals surface area contributed by atoms with Gasteiger partial charge in [-0.05, 0) is 72.8 Å². The van der Waals surface area contributed by atoms with Crippen molar-refractivity contribution in [2.45, 2.75) is 61.4 Å². The Bertz CT molecular complexity index is 2740. The molecule has 0 bridgehead atoms. The van der Waals surface area contributed by atoms with Crippen LogP contribution >= 0.6 is 0 Å². The van der Waals surface area contributed by atoms with E-state index in [0.29, 0.717) is 0 Å². The topological polar surface area (TPSA) is 215 Å². The van der Waals surface area contributed by atoms with Gasteiger partial charge in [-0.3, -0.25) is 0 Å². The summed E-state index contributed by atoms with van der Waals surface area (Å²) in [7, 11) is 1.24. The normalized spacial score (nSPS) is 23.6. The molecule has 17 heteroatoms. The van der Waals surface area contributed by atoms with Crippen LogP contribution in [0.5, 0.6) is 0 Å². The number of aliphatic hydroxyl groups is 1. The maximum atomic E-state index is 14.1. The van der Waals surface area contributed by atoms with Gasteiger partial charge >= 0.3 is 35.8 Å². The number of aliphatic hydroxyl groups excluding tert-OH is 1. The molecule has 2 saturated heterocycles. The predicted octanol–water partition coefficient (Wildman–Crippen LogP) is 6.45. The number of ether oxygens (including phenoxy) is 10. The zero-order valence-electron chi connectivity index (χ0n) is 38.5. The first-order valence-corrected chi connectivity index (χ1v) is 22.7. The second-order valence-electron chi connectivity index (χ2n) is 16.3. The van der Waals surface area contributed by atoms with Gasteiger partial charge in [0.1, 0.15) is 37.6 Å². The molecule has 1 N–H and O–H groups in total. The van der Waals surface area contributed by atoms with Crippen LogP contribution in [0.2, 0.25) is 0 Å². The minimum atomic E-state index is -2.01. The molecule has 2 aliphatic heterocycles. The molecule has 2 fully saturated rings. The Morgan fingerprint density at radius 3 is 1.03 bits per heavy atom. The molecule has 0 aromatic heterocycles. The summed E-state index contributed by atoms with van der Waals surface area (Å²) in [5, 5.41) is 12.5. The van der Waals surface area contributed by atoms with E-state index in [2.05, 4.69) is 0 Å². The fourth-order valence-corrected chi connectivity index (χ4v) is 7.88. The lowest BCUT2D eigenvalue weighted by Gasteiger charge is -2.48. The molecule has 2 aliphatic rings. The van der Waals surface area contributed by atoms with Crippen molar-refractivity contribution in [1.29, 1.82) is 0 Å². The largest absolute Gasteiger partial charge is 0.459 e. The van der Waals surface area contributed by atoms with Crippen molar-refractivity contribution in [3.63, 3.8) is 0 Å². The molecule has 72 heavy (non-hydrogen) atoms. The van der Waals surface area contributed by atoms with Gasteiger partial charge in [0.2, 0.25) is 0 Å². The van der Waals surface area contributed by atoms with Crippen LogP contribution in [0.4, 0.5) is 0 Å². The number of rotatable bonds is 17. The number of carbonyl (C=O) groups excluding carboxylic acids is 6. The molecule has 0 saturated carbocycles. The lowest BCUT2D eigenvalue weighted by Crippen LogP contribution is -2.67. The van der Waals surface area contributed by atoms with Gasteiger partial charge in [0.15, 0.2) is 37.0 Å². The van der Waals surface area contributed by atoms with Crippen LogP contribution in [0.1, 0.15) is 62.1 Å². The van der Waals surface area contributed by atoms with Crippen LogP contribution in [-0.4, -0.2) is 123 Å². The second-order valence-corrected chi connectivity index (χ2v) is 16.3. The van der Waals surface area contributed by atoms with Crippen molar-refractivity contribution in [3.8, 4) is 0 Å². The summed E-state index contributed by atoms with van der Waals surface area (Å²) in [6.45, 7) is -1.28. The van der Waals surface area contributed by atoms with Gasteiger partial charge in [-0.15, -0.1) is 0 Å². The van der Waals surface area contributed by atoms with Crippen LogP contribution in [-0.2, 0) is 47.4 Å². The number of benzene rings is 6. The Hall–Kier alpha value is -8.06. The summed E-state index contributed by atoms with van der Waals surface area (Å²) in [4.78, 5) is 82.7. The van der Waals surface area contributed by atoms with Gasteiger partial charge in [-0.2, -0.15) is 0 Å². The van der Waals surface area contributed by atoms with E-state index in [1.807, 2.05) is 0 Å². The maximum absolute atomic E-state index is 14.1. The number of hydrogen-bond acceptors (Lipinski definition) is 17. The summed E-state index contributed by atoms with van der Waals surface area (Å²) in [5.74, 6) is -5.31. The summed E-state index contributed by atoms with van der Waals surface area (Å²) >= 11 is 0. The van der Waals surface area contributed by atoms with Crippen LogP contribution in [0, 0.1) is 0 Å². The summed E-state index contributed by atoms with van der Waals surface area (Å²) in [5.41, 5.74) is 0.628. The van der Waals surface area contributed by atoms with Crippen molar-refractivity contribution in [2.75, 3.05) is 20.3 Å². The lowest BCUT2D eigenvalue weighted by molar-refractivity contribution is -0.355. The zero-order valence-corrected chi connectivity index (χ0v) is 38.5. The molecule has 10 atom stereocenters. The number of methoxy groups -OCH3 is 1. The van der Waals surface area contributed by atoms with Crippen molar-refractivity contribution >= 4 is 35.8 Å². The summed E-state index contributed by atoms with van der Waals surface area (Å²) in [6.07, 6.45) is -17.4. The van der Waals surface area contributed by atoms with Gasteiger partial charge < -0.3 is 52.5 Å². The summed E-state index contributed by atoms with van der Waals surface area (Å²) < 4.78 is 61.0. The third kappa shape index (κ3) is 12.4. The van der Waals surface area contributed by atoms with Crippen LogP contribution in [0.25, 0.3) is 0 Å². The van der Waals surface area contributed by atoms with E-state index in [1.54, 1.807) is 109 Å². The fourth-order valence-electron chi connectivity index (χ4n) is 7.88. The Balaban J connectivity index is 1.22. The van der Waals surface area contributed by atoms with Crippen LogP contribution < -0.4 is 0 Å². The van der Waals surface area contributed by atoms with Crippen LogP contribution in [0.3, 0.4) is 0 Å². The average molecular weight is 981 g/mol. The minimum absolute atomic E-state index is 0.0374. The third-order valence-electron chi connectivity index (χ3n) is 11.5. The molecular weight excluding hydrogens is 933 g/mol. The van der Waals surface area contributed by atoms with Gasteiger partial charge in [0.05, 0.1) is 33.4 Å². The van der Waals surface area contributed by atoms with E-state index in [1.165, 1.54) is 79.9 Å². The lowest BCUT2D eigenvalue weighted by atomic mass is 9.96. The third-order valence-corrected chi connectivity index (χ3v) is 11.5. The molecule has 6 aromatic carbocycles. The standard InChI is InChI=1S/C55H48O17/c1-63-54-47(71-53(62)39-30-18-7-19-31-39)46(44(69-51(60)37-26-14-5-15-27-37)41(66-54)33-65-49(58)35-22-10-3-11-23-35)72-55-45(70-52(61)38-28-16-6-17-29-38)42(56)43(68-50(59)36-24-12-4-13-25-36)40(67-55)32-64-48(57)34-20-8-2-9-21-34/h2-31,40-47,54-56H,32-33H2,1H3/t40-,41-,42+,43+,44+,45-,46+,47-,54-,55+/m1/s1. The van der Waals surface area contributed by atoms with Crippen molar-refractivity contribution in [3.05, 3.63) is 215 Å². The quantitative estimate of drug-likeness (QED) is 0.0768. The first kappa shape index (κ1) is 50.3. The predicted molar refractivity (Wildman–Crippen MR) is 251 cm³/mol. The molecule has 2 heterocycles. The number of hydrogen-bond donors (Lipinski definition) is 1. The number of esters is 6. The molecule has 8 rings (SSSR count). The maximum Gasteiger partial charge on any atom is 0.338 e. The summed E-state index contributed by atoms with van der Waals surface area (Å²) in [6, 6.07) is 47.3. The minimum Gasteiger partial charge on any atom is -0.459 e. The number of carbonyl (C=O) groups is 6. The van der Waals surface area contributed by atoms with Gasteiger partial charge in [0, 0.05) is 7.11 Å². The molecule has 0 spiro atoms. The molecule has 0 radical (unpaired) electrons. The van der Waals surface area contributed by atoms with E-state index in [0.717, 1.165) is 0 Å². The molecular formula is C55H48O17. The Morgan fingerprint density at radius 1 is 0.375 bits per heavy atom. The van der Waals surface area contributed by atoms with E-state index in [9.17, 15) is 33.9 Å². The Morgan fingerprint density at radius 2 is 0.667 bits per heavy atom. The highest BCUT2D eigenvalue weighted by Gasteiger charge is 2.57. The molecule has 17 nitrogen and oxygen atoms in total. The molecule has 6 aromatic rings. The monoisotopic (exact) mass is 980 g/mol. The van der Waals surface area contributed by atoms with E-state index >= 15 is 0 Å². The second kappa shape index (κ2) is 24.2. The van der Waals surface area contributed by atoms with Gasteiger partial charge in [-0.1, -0.05) is 109 Å².